The summed E-state index contributed by atoms with van der Waals surface area (Å²) in [7, 11) is 1.83. The molecule has 6 aromatic carbocycles. The van der Waals surface area contributed by atoms with Crippen LogP contribution in [0.15, 0.2) is 120 Å². The van der Waals surface area contributed by atoms with Crippen molar-refractivity contribution in [3.63, 3.8) is 0 Å². The summed E-state index contributed by atoms with van der Waals surface area (Å²) in [5.74, 6) is 0. The monoisotopic (exact) mass is 515 g/mol. The van der Waals surface area contributed by atoms with E-state index in [2.05, 4.69) is 96.0 Å². The highest BCUT2D eigenvalue weighted by Crippen LogP contribution is 2.45. The van der Waals surface area contributed by atoms with E-state index >= 15 is 0 Å². The molecule has 1 nitrogen and oxygen atoms in total. The van der Waals surface area contributed by atoms with Crippen LogP contribution in [0.4, 0.5) is 0 Å². The zero-order chi connectivity index (χ0) is 25.4. The maximum Gasteiger partial charge on any atom is 0.0406 e. The van der Waals surface area contributed by atoms with E-state index in [-0.39, 0.29) is 0 Å². The van der Waals surface area contributed by atoms with Gasteiger partial charge in [-0.25, -0.2) is 0 Å². The lowest BCUT2D eigenvalue weighted by molar-refractivity contribution is 1.47. The largest absolute Gasteiger partial charge is 0.296 e. The fraction of sp³-hybridized carbons (Fsp3) is 0.0294. The number of halogens is 2. The highest BCUT2D eigenvalue weighted by atomic mass is 35.5. The van der Waals surface area contributed by atoms with E-state index in [1.807, 2.05) is 37.5 Å². The molecule has 0 aliphatic heterocycles. The van der Waals surface area contributed by atoms with Gasteiger partial charge in [-0.05, 0) is 91.3 Å². The van der Waals surface area contributed by atoms with Crippen molar-refractivity contribution in [2.45, 2.75) is 0 Å². The van der Waals surface area contributed by atoms with Crippen LogP contribution < -0.4 is 0 Å². The highest BCUT2D eigenvalue weighted by Gasteiger charge is 2.20. The van der Waals surface area contributed by atoms with Gasteiger partial charge < -0.3 is 0 Å². The molecule has 0 aliphatic carbocycles. The minimum Gasteiger partial charge on any atom is -0.296 e. The van der Waals surface area contributed by atoms with Gasteiger partial charge in [-0.15, -0.1) is 0 Å². The first-order valence-electron chi connectivity index (χ1n) is 12.2. The lowest BCUT2D eigenvalue weighted by atomic mass is 9.83. The molecule has 0 bridgehead atoms. The third-order valence-electron chi connectivity index (χ3n) is 6.82. The molecule has 178 valence electrons. The predicted octanol–water partition coefficient (Wildman–Crippen LogP) is 10.3. The fourth-order valence-electron chi connectivity index (χ4n) is 5.18. The second-order valence-corrected chi connectivity index (χ2v) is 9.92. The molecule has 0 N–H and O–H groups in total. The van der Waals surface area contributed by atoms with E-state index in [0.717, 1.165) is 43.8 Å². The van der Waals surface area contributed by atoms with E-state index in [1.54, 1.807) is 0 Å². The number of fused-ring (bicyclic) bond motifs is 3. The highest BCUT2D eigenvalue weighted by molar-refractivity contribution is 6.31. The fourth-order valence-corrected chi connectivity index (χ4v) is 5.43. The minimum absolute atomic E-state index is 0.716. The topological polar surface area (TPSA) is 12.4 Å². The normalized spacial score (nSPS) is 11.5. The molecule has 0 aliphatic rings. The molecule has 0 atom stereocenters. The van der Waals surface area contributed by atoms with Crippen molar-refractivity contribution in [1.82, 2.24) is 0 Å². The Kier molecular flexibility index (Phi) is 6.26. The molecule has 37 heavy (non-hydrogen) atoms. The van der Waals surface area contributed by atoms with Gasteiger partial charge in [0, 0.05) is 28.9 Å². The quantitative estimate of drug-likeness (QED) is 0.163. The van der Waals surface area contributed by atoms with Crippen molar-refractivity contribution < 1.29 is 0 Å². The third-order valence-corrected chi connectivity index (χ3v) is 7.32. The molecule has 0 heterocycles. The Morgan fingerprint density at radius 1 is 0.541 bits per heavy atom. The molecule has 0 aromatic heterocycles. The summed E-state index contributed by atoms with van der Waals surface area (Å²) in [5.41, 5.74) is 7.96. The van der Waals surface area contributed by atoms with Crippen molar-refractivity contribution >= 4 is 51.0 Å². The van der Waals surface area contributed by atoms with Gasteiger partial charge in [0.05, 0.1) is 0 Å². The van der Waals surface area contributed by atoms with Crippen LogP contribution in [0.2, 0.25) is 10.0 Å². The number of aliphatic imine (C=N–C) groups is 1. The van der Waals surface area contributed by atoms with E-state index in [9.17, 15) is 0 Å². The first-order chi connectivity index (χ1) is 18.1. The third kappa shape index (κ3) is 4.31. The van der Waals surface area contributed by atoms with Crippen molar-refractivity contribution in [3.05, 3.63) is 131 Å². The Morgan fingerprint density at radius 2 is 1.14 bits per heavy atom. The number of hydrogen-bond acceptors (Lipinski definition) is 1. The Bertz CT molecular complexity index is 1770. The SMILES string of the molecule is CN=Cc1c(-c2ccc(Cl)cc2)c2c(-c3ccccc3)cc(-c3ccc(Cl)cc3)cc2c2ccccc12. The number of hydrogen-bond donors (Lipinski definition) is 0. The van der Waals surface area contributed by atoms with E-state index < -0.39 is 0 Å². The van der Waals surface area contributed by atoms with Crippen LogP contribution in [0.1, 0.15) is 5.56 Å². The zero-order valence-electron chi connectivity index (χ0n) is 20.3. The summed E-state index contributed by atoms with van der Waals surface area (Å²) < 4.78 is 0. The van der Waals surface area contributed by atoms with Crippen LogP contribution >= 0.6 is 23.2 Å². The minimum atomic E-state index is 0.716. The molecule has 0 fully saturated rings. The second-order valence-electron chi connectivity index (χ2n) is 9.05. The van der Waals surface area contributed by atoms with Crippen LogP contribution in [-0.4, -0.2) is 13.3 Å². The van der Waals surface area contributed by atoms with Crippen LogP contribution in [0, 0.1) is 0 Å². The molecule has 0 saturated carbocycles. The number of rotatable bonds is 4. The maximum atomic E-state index is 6.30. The molecule has 3 heteroatoms. The van der Waals surface area contributed by atoms with Crippen LogP contribution in [0.25, 0.3) is 54.9 Å². The Hall–Kier alpha value is -3.91. The molecular weight excluding hydrogens is 493 g/mol. The number of benzene rings is 6. The predicted molar refractivity (Wildman–Crippen MR) is 161 cm³/mol. The maximum absolute atomic E-state index is 6.30. The van der Waals surface area contributed by atoms with E-state index in [4.69, 9.17) is 23.2 Å². The van der Waals surface area contributed by atoms with Crippen molar-refractivity contribution in [2.24, 2.45) is 4.99 Å². The van der Waals surface area contributed by atoms with Gasteiger partial charge in [0.15, 0.2) is 0 Å². The Morgan fingerprint density at radius 3 is 1.78 bits per heavy atom. The van der Waals surface area contributed by atoms with Crippen molar-refractivity contribution in [1.29, 1.82) is 0 Å². The van der Waals surface area contributed by atoms with Gasteiger partial charge in [0.2, 0.25) is 0 Å². The molecule has 6 rings (SSSR count). The first-order valence-corrected chi connectivity index (χ1v) is 12.9. The number of nitrogens with zero attached hydrogens (tertiary/aromatic N) is 1. The standard InChI is InChI=1S/C34H23Cl2N/c1-37-21-32-29-10-6-5-9-28(29)31-20-25(22-11-15-26(35)16-12-22)19-30(23-7-3-2-4-8-23)34(31)33(32)24-13-17-27(36)18-14-24/h2-21H,1H3. The van der Waals surface area contributed by atoms with Gasteiger partial charge in [-0.1, -0.05) is 102 Å². The van der Waals surface area contributed by atoms with Crippen LogP contribution in [-0.2, 0) is 0 Å². The van der Waals surface area contributed by atoms with Gasteiger partial charge in [0.1, 0.15) is 0 Å². The molecule has 0 spiro atoms. The molecule has 0 amide bonds. The smallest absolute Gasteiger partial charge is 0.0406 e. The molecule has 6 aromatic rings. The molecule has 0 saturated heterocycles. The first kappa shape index (κ1) is 23.5. The van der Waals surface area contributed by atoms with Gasteiger partial charge in [-0.2, -0.15) is 0 Å². The van der Waals surface area contributed by atoms with E-state index in [0.29, 0.717) is 5.02 Å². The summed E-state index contributed by atoms with van der Waals surface area (Å²) >= 11 is 12.5. The Balaban J connectivity index is 1.85. The van der Waals surface area contributed by atoms with E-state index in [1.165, 1.54) is 21.7 Å². The van der Waals surface area contributed by atoms with Gasteiger partial charge in [0.25, 0.3) is 0 Å². The summed E-state index contributed by atoms with van der Waals surface area (Å²) in [5, 5.41) is 6.19. The lowest BCUT2D eigenvalue weighted by Gasteiger charge is -2.20. The van der Waals surface area contributed by atoms with Gasteiger partial charge >= 0.3 is 0 Å². The second kappa shape index (κ2) is 9.86. The average molecular weight is 516 g/mol. The summed E-state index contributed by atoms with van der Waals surface area (Å²) in [4.78, 5) is 4.48. The lowest BCUT2D eigenvalue weighted by Crippen LogP contribution is -1.97. The zero-order valence-corrected chi connectivity index (χ0v) is 21.8. The Labute approximate surface area is 226 Å². The molecule has 0 unspecified atom stereocenters. The van der Waals surface area contributed by atoms with Crippen molar-refractivity contribution in [3.8, 4) is 33.4 Å². The molecule has 0 radical (unpaired) electrons. The van der Waals surface area contributed by atoms with Crippen LogP contribution in [0.5, 0.6) is 0 Å². The van der Waals surface area contributed by atoms with Gasteiger partial charge in [-0.3, -0.25) is 4.99 Å². The summed E-state index contributed by atoms with van der Waals surface area (Å²) in [6.45, 7) is 0. The summed E-state index contributed by atoms with van der Waals surface area (Å²) in [6, 6.07) is 39.9. The van der Waals surface area contributed by atoms with Crippen molar-refractivity contribution in [2.75, 3.05) is 7.05 Å². The average Bonchev–Trinajstić information content (AvgIpc) is 2.94. The molecular formula is C34H23Cl2N. The van der Waals surface area contributed by atoms with Crippen LogP contribution in [0.3, 0.4) is 0 Å². The summed E-state index contributed by atoms with van der Waals surface area (Å²) in [6.07, 6.45) is 1.98.